The van der Waals surface area contributed by atoms with E-state index < -0.39 is 0 Å². The lowest BCUT2D eigenvalue weighted by Crippen LogP contribution is -2.52. The van der Waals surface area contributed by atoms with Gasteiger partial charge in [0.05, 0.1) is 22.4 Å². The van der Waals surface area contributed by atoms with Gasteiger partial charge < -0.3 is 5.32 Å². The number of aromatic nitrogens is 2. The molecule has 0 aliphatic rings. The third-order valence-corrected chi connectivity index (χ3v) is 4.73. The molecule has 0 radical (unpaired) electrons. The van der Waals surface area contributed by atoms with Crippen LogP contribution in [-0.2, 0) is 6.54 Å². The molecule has 1 aromatic rings. The third-order valence-electron chi connectivity index (χ3n) is 4.12. The zero-order valence-corrected chi connectivity index (χ0v) is 15.3. The Bertz CT molecular complexity index is 410. The first kappa shape index (κ1) is 17.7. The fourth-order valence-corrected chi connectivity index (χ4v) is 3.62. The summed E-state index contributed by atoms with van der Waals surface area (Å²) < 4.78 is 3.21. The second-order valence-corrected chi connectivity index (χ2v) is 6.50. The molecular formula is C15H29BrN4. The van der Waals surface area contributed by atoms with Gasteiger partial charge in [-0.15, -0.1) is 0 Å². The molecule has 0 aliphatic heterocycles. The van der Waals surface area contributed by atoms with Crippen molar-refractivity contribution in [2.24, 2.45) is 0 Å². The Labute approximate surface area is 132 Å². The van der Waals surface area contributed by atoms with Crippen LogP contribution in [0.25, 0.3) is 0 Å². The van der Waals surface area contributed by atoms with Crippen molar-refractivity contribution in [1.29, 1.82) is 0 Å². The highest BCUT2D eigenvalue weighted by molar-refractivity contribution is 9.10. The van der Waals surface area contributed by atoms with Crippen LogP contribution in [0.15, 0.2) is 10.7 Å². The summed E-state index contributed by atoms with van der Waals surface area (Å²) in [4.78, 5) is 2.49. The molecule has 1 atom stereocenters. The highest BCUT2D eigenvalue weighted by atomic mass is 79.9. The summed E-state index contributed by atoms with van der Waals surface area (Å²) in [5.41, 5.74) is 1.26. The fraction of sp³-hybridized carbons (Fsp3) is 0.800. The summed E-state index contributed by atoms with van der Waals surface area (Å²) in [6.07, 6.45) is 3.00. The molecule has 1 rings (SSSR count). The van der Waals surface area contributed by atoms with E-state index in [2.05, 4.69) is 70.5 Å². The Balaban J connectivity index is 3.21. The predicted molar refractivity (Wildman–Crippen MR) is 89.0 cm³/mol. The van der Waals surface area contributed by atoms with E-state index in [1.807, 2.05) is 13.2 Å². The molecule has 4 nitrogen and oxygen atoms in total. The molecule has 116 valence electrons. The second-order valence-electron chi connectivity index (χ2n) is 5.65. The molecule has 5 heteroatoms. The molecule has 1 heterocycles. The Morgan fingerprint density at radius 2 is 1.95 bits per heavy atom. The van der Waals surface area contributed by atoms with Crippen molar-refractivity contribution in [2.75, 3.05) is 20.1 Å². The van der Waals surface area contributed by atoms with Crippen LogP contribution in [0.2, 0.25) is 0 Å². The standard InChI is InChI=1S/C15H29BrN4/c1-7-10-20-13(12(16)11-18-20)14(17-6)15(4,5)19(8-2)9-3/h11,14,17H,7-10H2,1-6H3. The monoisotopic (exact) mass is 344 g/mol. The summed E-state index contributed by atoms with van der Waals surface area (Å²) in [6, 6.07) is 0.228. The van der Waals surface area contributed by atoms with Gasteiger partial charge in [0.25, 0.3) is 0 Å². The summed E-state index contributed by atoms with van der Waals surface area (Å²) in [7, 11) is 2.03. The largest absolute Gasteiger partial charge is 0.310 e. The molecule has 1 N–H and O–H groups in total. The van der Waals surface area contributed by atoms with Gasteiger partial charge in [0.1, 0.15) is 0 Å². The highest BCUT2D eigenvalue weighted by Crippen LogP contribution is 2.34. The van der Waals surface area contributed by atoms with E-state index in [4.69, 9.17) is 0 Å². The second kappa shape index (κ2) is 7.57. The van der Waals surface area contributed by atoms with E-state index in [0.29, 0.717) is 0 Å². The number of nitrogens with one attached hydrogen (secondary N) is 1. The molecule has 0 saturated heterocycles. The van der Waals surface area contributed by atoms with E-state index in [-0.39, 0.29) is 11.6 Å². The van der Waals surface area contributed by atoms with Crippen LogP contribution in [0.5, 0.6) is 0 Å². The first-order valence-electron chi connectivity index (χ1n) is 7.57. The lowest BCUT2D eigenvalue weighted by molar-refractivity contribution is 0.0904. The highest BCUT2D eigenvalue weighted by Gasteiger charge is 2.37. The first-order chi connectivity index (χ1) is 9.43. The number of likely N-dealkylation sites (N-methyl/N-ethyl adjacent to an activating group) is 2. The van der Waals surface area contributed by atoms with Crippen molar-refractivity contribution < 1.29 is 0 Å². The minimum atomic E-state index is 0.0201. The number of aryl methyl sites for hydroxylation is 1. The Morgan fingerprint density at radius 3 is 2.40 bits per heavy atom. The third kappa shape index (κ3) is 3.43. The maximum atomic E-state index is 4.51. The van der Waals surface area contributed by atoms with Gasteiger partial charge in [0.15, 0.2) is 0 Å². The molecule has 1 unspecified atom stereocenters. The van der Waals surface area contributed by atoms with Gasteiger partial charge in [-0.05, 0) is 56.3 Å². The molecule has 20 heavy (non-hydrogen) atoms. The van der Waals surface area contributed by atoms with Crippen LogP contribution in [-0.4, -0.2) is 40.4 Å². The minimum Gasteiger partial charge on any atom is -0.310 e. The van der Waals surface area contributed by atoms with Gasteiger partial charge >= 0.3 is 0 Å². The number of hydrogen-bond donors (Lipinski definition) is 1. The van der Waals surface area contributed by atoms with Crippen molar-refractivity contribution in [3.05, 3.63) is 16.4 Å². The maximum absolute atomic E-state index is 4.51. The van der Waals surface area contributed by atoms with Crippen molar-refractivity contribution >= 4 is 15.9 Å². The van der Waals surface area contributed by atoms with E-state index in [0.717, 1.165) is 30.5 Å². The van der Waals surface area contributed by atoms with Crippen LogP contribution >= 0.6 is 15.9 Å². The predicted octanol–water partition coefficient (Wildman–Crippen LogP) is 3.44. The average Bonchev–Trinajstić information content (AvgIpc) is 2.74. The van der Waals surface area contributed by atoms with Crippen LogP contribution in [0.4, 0.5) is 0 Å². The van der Waals surface area contributed by atoms with Crippen LogP contribution in [0, 0.1) is 0 Å². The van der Waals surface area contributed by atoms with Gasteiger partial charge in [-0.25, -0.2) is 0 Å². The van der Waals surface area contributed by atoms with Gasteiger partial charge in [-0.1, -0.05) is 20.8 Å². The average molecular weight is 345 g/mol. The summed E-state index contributed by atoms with van der Waals surface area (Å²) in [6.45, 7) is 14.3. The van der Waals surface area contributed by atoms with Crippen molar-refractivity contribution in [3.8, 4) is 0 Å². The van der Waals surface area contributed by atoms with Gasteiger partial charge in [0.2, 0.25) is 0 Å². The molecule has 0 aromatic carbocycles. The molecule has 1 aromatic heterocycles. The topological polar surface area (TPSA) is 33.1 Å². The number of halogens is 1. The van der Waals surface area contributed by atoms with E-state index in [1.54, 1.807) is 0 Å². The molecule has 0 spiro atoms. The Hall–Kier alpha value is -0.390. The minimum absolute atomic E-state index is 0.0201. The molecular weight excluding hydrogens is 316 g/mol. The van der Waals surface area contributed by atoms with Crippen molar-refractivity contribution in [1.82, 2.24) is 20.0 Å². The summed E-state index contributed by atoms with van der Waals surface area (Å²) >= 11 is 3.67. The number of rotatable bonds is 8. The zero-order valence-electron chi connectivity index (χ0n) is 13.7. The number of nitrogens with zero attached hydrogens (tertiary/aromatic N) is 3. The lowest BCUT2D eigenvalue weighted by Gasteiger charge is -2.43. The zero-order chi connectivity index (χ0) is 15.3. The van der Waals surface area contributed by atoms with Crippen molar-refractivity contribution in [2.45, 2.75) is 59.2 Å². The lowest BCUT2D eigenvalue weighted by atomic mass is 9.89. The molecule has 0 saturated carbocycles. The van der Waals surface area contributed by atoms with Crippen LogP contribution in [0.1, 0.15) is 52.8 Å². The van der Waals surface area contributed by atoms with E-state index in [9.17, 15) is 0 Å². The van der Waals surface area contributed by atoms with Crippen LogP contribution in [0.3, 0.4) is 0 Å². The van der Waals surface area contributed by atoms with Gasteiger partial charge in [-0.3, -0.25) is 9.58 Å². The van der Waals surface area contributed by atoms with Crippen LogP contribution < -0.4 is 5.32 Å². The van der Waals surface area contributed by atoms with Crippen molar-refractivity contribution in [3.63, 3.8) is 0 Å². The van der Waals surface area contributed by atoms with Gasteiger partial charge in [0, 0.05) is 12.1 Å². The Kier molecular flexibility index (Phi) is 6.69. The molecule has 0 fully saturated rings. The molecule has 0 aliphatic carbocycles. The summed E-state index contributed by atoms with van der Waals surface area (Å²) in [5, 5.41) is 8.01. The molecule has 0 bridgehead atoms. The SMILES string of the molecule is CCCn1ncc(Br)c1C(NC)C(C)(C)N(CC)CC. The van der Waals surface area contributed by atoms with Gasteiger partial charge in [-0.2, -0.15) is 5.10 Å². The maximum Gasteiger partial charge on any atom is 0.0714 e. The first-order valence-corrected chi connectivity index (χ1v) is 8.36. The smallest absolute Gasteiger partial charge is 0.0714 e. The van der Waals surface area contributed by atoms with E-state index >= 15 is 0 Å². The fourth-order valence-electron chi connectivity index (χ4n) is 3.09. The number of hydrogen-bond acceptors (Lipinski definition) is 3. The Morgan fingerprint density at radius 1 is 1.35 bits per heavy atom. The molecule has 0 amide bonds. The quantitative estimate of drug-likeness (QED) is 0.784. The summed E-state index contributed by atoms with van der Waals surface area (Å²) in [5.74, 6) is 0. The van der Waals surface area contributed by atoms with E-state index in [1.165, 1.54) is 5.69 Å². The normalized spacial score (nSPS) is 14.0.